The van der Waals surface area contributed by atoms with Crippen molar-refractivity contribution in [1.29, 1.82) is 0 Å². The van der Waals surface area contributed by atoms with Crippen molar-refractivity contribution in [3.63, 3.8) is 0 Å². The van der Waals surface area contributed by atoms with E-state index in [9.17, 15) is 0 Å². The molecule has 0 fully saturated rings. The smallest absolute Gasteiger partial charge is 0.236 e. The van der Waals surface area contributed by atoms with Crippen LogP contribution in [0.3, 0.4) is 0 Å². The lowest BCUT2D eigenvalue weighted by atomic mass is 10.6. The minimum atomic E-state index is 0.484. The van der Waals surface area contributed by atoms with Crippen molar-refractivity contribution in [1.82, 2.24) is 14.4 Å². The standard InChI is InChI=1S/C7H6ClN3S/c1-12-6-4-5(8)10-7-9-2-3-11(6)7/h2-4H,1H3. The molecule has 2 aromatic rings. The molecule has 0 aliphatic carbocycles. The lowest BCUT2D eigenvalue weighted by Gasteiger charge is -2.00. The molecule has 3 nitrogen and oxygen atoms in total. The molecule has 0 aliphatic heterocycles. The average Bonchev–Trinajstić information content (AvgIpc) is 2.50. The SMILES string of the molecule is CSc1cc(Cl)nc2nccn12. The van der Waals surface area contributed by atoms with Gasteiger partial charge in [-0.15, -0.1) is 11.8 Å². The topological polar surface area (TPSA) is 30.2 Å². The molecule has 5 heteroatoms. The van der Waals surface area contributed by atoms with E-state index >= 15 is 0 Å². The van der Waals surface area contributed by atoms with Crippen molar-refractivity contribution in [2.24, 2.45) is 0 Å². The number of halogens is 1. The van der Waals surface area contributed by atoms with Crippen LogP contribution < -0.4 is 0 Å². The molecule has 0 aromatic carbocycles. The van der Waals surface area contributed by atoms with Crippen molar-refractivity contribution in [3.05, 3.63) is 23.6 Å². The van der Waals surface area contributed by atoms with E-state index in [2.05, 4.69) is 9.97 Å². The zero-order valence-corrected chi connectivity index (χ0v) is 7.93. The van der Waals surface area contributed by atoms with Crippen LogP contribution in [0.25, 0.3) is 5.78 Å². The van der Waals surface area contributed by atoms with E-state index in [1.54, 1.807) is 18.0 Å². The lowest BCUT2D eigenvalue weighted by Crippen LogP contribution is -1.91. The van der Waals surface area contributed by atoms with Gasteiger partial charge in [0.15, 0.2) is 0 Å². The van der Waals surface area contributed by atoms with Gasteiger partial charge in [0.25, 0.3) is 0 Å². The first kappa shape index (κ1) is 7.89. The third-order valence-electron chi connectivity index (χ3n) is 1.52. The summed E-state index contributed by atoms with van der Waals surface area (Å²) in [6, 6.07) is 1.82. The predicted octanol–water partition coefficient (Wildman–Crippen LogP) is 2.10. The first-order valence-corrected chi connectivity index (χ1v) is 4.95. The van der Waals surface area contributed by atoms with Crippen LogP contribution >= 0.6 is 23.4 Å². The van der Waals surface area contributed by atoms with Crippen molar-refractivity contribution in [2.45, 2.75) is 5.03 Å². The summed E-state index contributed by atoms with van der Waals surface area (Å²) in [7, 11) is 0. The lowest BCUT2D eigenvalue weighted by molar-refractivity contribution is 0.983. The van der Waals surface area contributed by atoms with Crippen LogP contribution in [0.4, 0.5) is 0 Å². The normalized spacial score (nSPS) is 10.8. The van der Waals surface area contributed by atoms with Gasteiger partial charge in [0.05, 0.1) is 5.03 Å². The van der Waals surface area contributed by atoms with Crippen LogP contribution in [-0.2, 0) is 0 Å². The van der Waals surface area contributed by atoms with Gasteiger partial charge < -0.3 is 0 Å². The van der Waals surface area contributed by atoms with E-state index in [1.807, 2.05) is 22.9 Å². The van der Waals surface area contributed by atoms with Crippen molar-refractivity contribution in [2.75, 3.05) is 6.26 Å². The fourth-order valence-electron chi connectivity index (χ4n) is 1.01. The minimum Gasteiger partial charge on any atom is -0.278 e. The summed E-state index contributed by atoms with van der Waals surface area (Å²) in [5, 5.41) is 1.53. The Hall–Kier alpha value is -0.740. The molecule has 0 radical (unpaired) electrons. The van der Waals surface area contributed by atoms with Gasteiger partial charge in [-0.05, 0) is 6.26 Å². The number of fused-ring (bicyclic) bond motifs is 1. The highest BCUT2D eigenvalue weighted by Crippen LogP contribution is 2.18. The summed E-state index contributed by atoms with van der Waals surface area (Å²) < 4.78 is 1.90. The maximum Gasteiger partial charge on any atom is 0.236 e. The molecule has 0 aliphatic rings. The minimum absolute atomic E-state index is 0.484. The van der Waals surface area contributed by atoms with Gasteiger partial charge in [-0.2, -0.15) is 0 Å². The number of hydrogen-bond acceptors (Lipinski definition) is 3. The molecule has 0 unspecified atom stereocenters. The van der Waals surface area contributed by atoms with Crippen molar-refractivity contribution >= 4 is 29.1 Å². The van der Waals surface area contributed by atoms with E-state index in [0.717, 1.165) is 5.03 Å². The molecule has 0 saturated heterocycles. The van der Waals surface area contributed by atoms with Crippen LogP contribution in [-0.4, -0.2) is 20.6 Å². The summed E-state index contributed by atoms with van der Waals surface area (Å²) in [5.74, 6) is 0.645. The molecule has 0 saturated carbocycles. The van der Waals surface area contributed by atoms with Gasteiger partial charge in [-0.3, -0.25) is 4.40 Å². The fourth-order valence-corrected chi connectivity index (χ4v) is 1.82. The quantitative estimate of drug-likeness (QED) is 0.521. The zero-order valence-electron chi connectivity index (χ0n) is 6.36. The summed E-state index contributed by atoms with van der Waals surface area (Å²) in [6.45, 7) is 0. The fraction of sp³-hybridized carbons (Fsp3) is 0.143. The molecular weight excluding hydrogens is 194 g/mol. The molecule has 0 amide bonds. The molecule has 2 aromatic heterocycles. The summed E-state index contributed by atoms with van der Waals surface area (Å²) in [4.78, 5) is 8.09. The van der Waals surface area contributed by atoms with E-state index in [-0.39, 0.29) is 0 Å². The van der Waals surface area contributed by atoms with E-state index in [4.69, 9.17) is 11.6 Å². The van der Waals surface area contributed by atoms with Gasteiger partial charge in [-0.25, -0.2) is 9.97 Å². The second-order valence-electron chi connectivity index (χ2n) is 2.22. The van der Waals surface area contributed by atoms with Crippen LogP contribution in [0.2, 0.25) is 5.15 Å². The van der Waals surface area contributed by atoms with E-state index in [0.29, 0.717) is 10.9 Å². The number of aromatic nitrogens is 3. The third-order valence-corrected chi connectivity index (χ3v) is 2.44. The zero-order chi connectivity index (χ0) is 8.55. The second kappa shape index (κ2) is 2.95. The number of thioether (sulfide) groups is 1. The van der Waals surface area contributed by atoms with Gasteiger partial charge in [-0.1, -0.05) is 11.6 Å². The summed E-state index contributed by atoms with van der Waals surface area (Å²) in [5.41, 5.74) is 0. The first-order chi connectivity index (χ1) is 5.81. The molecule has 0 N–H and O–H groups in total. The van der Waals surface area contributed by atoms with Gasteiger partial charge in [0.1, 0.15) is 5.15 Å². The Kier molecular flexibility index (Phi) is 1.94. The molecule has 0 bridgehead atoms. The van der Waals surface area contributed by atoms with Gasteiger partial charge >= 0.3 is 0 Å². The van der Waals surface area contributed by atoms with Crippen LogP contribution in [0, 0.1) is 0 Å². The molecule has 62 valence electrons. The third kappa shape index (κ3) is 1.17. The maximum atomic E-state index is 5.78. The highest BCUT2D eigenvalue weighted by Gasteiger charge is 2.02. The summed E-state index contributed by atoms with van der Waals surface area (Å²) >= 11 is 7.40. The Morgan fingerprint density at radius 3 is 3.17 bits per heavy atom. The molecule has 12 heavy (non-hydrogen) atoms. The molecule has 0 atom stereocenters. The molecule has 0 spiro atoms. The Labute approximate surface area is 78.8 Å². The average molecular weight is 200 g/mol. The van der Waals surface area contributed by atoms with Crippen molar-refractivity contribution in [3.8, 4) is 0 Å². The number of imidazole rings is 1. The first-order valence-electron chi connectivity index (χ1n) is 3.35. The number of rotatable bonds is 1. The predicted molar refractivity (Wildman–Crippen MR) is 49.8 cm³/mol. The van der Waals surface area contributed by atoms with E-state index < -0.39 is 0 Å². The summed E-state index contributed by atoms with van der Waals surface area (Å²) in [6.07, 6.45) is 5.56. The Balaban J connectivity index is 2.80. The van der Waals surface area contributed by atoms with E-state index in [1.165, 1.54) is 0 Å². The maximum absolute atomic E-state index is 5.78. The molecule has 2 rings (SSSR count). The Bertz CT molecular complexity index is 412. The molecule has 2 heterocycles. The second-order valence-corrected chi connectivity index (χ2v) is 3.43. The Morgan fingerprint density at radius 2 is 2.42 bits per heavy atom. The number of hydrogen-bond donors (Lipinski definition) is 0. The monoisotopic (exact) mass is 199 g/mol. The van der Waals surface area contributed by atoms with Gasteiger partial charge in [0, 0.05) is 18.5 Å². The van der Waals surface area contributed by atoms with Crippen LogP contribution in [0.1, 0.15) is 0 Å². The number of nitrogens with zero attached hydrogens (tertiary/aromatic N) is 3. The largest absolute Gasteiger partial charge is 0.278 e. The molecular formula is C7H6ClN3S. The van der Waals surface area contributed by atoms with Gasteiger partial charge in [0.2, 0.25) is 5.78 Å². The van der Waals surface area contributed by atoms with Crippen molar-refractivity contribution < 1.29 is 0 Å². The van der Waals surface area contributed by atoms with Crippen LogP contribution in [0.15, 0.2) is 23.5 Å². The Morgan fingerprint density at radius 1 is 1.58 bits per heavy atom. The highest BCUT2D eigenvalue weighted by atomic mass is 35.5. The highest BCUT2D eigenvalue weighted by molar-refractivity contribution is 7.98. The van der Waals surface area contributed by atoms with Crippen LogP contribution in [0.5, 0.6) is 0 Å².